The predicted octanol–water partition coefficient (Wildman–Crippen LogP) is 3.58. The second-order valence-corrected chi connectivity index (χ2v) is 6.28. The van der Waals surface area contributed by atoms with Crippen LogP contribution in [0.25, 0.3) is 0 Å². The Morgan fingerprint density at radius 2 is 1.74 bits per heavy atom. The quantitative estimate of drug-likeness (QED) is 0.867. The summed E-state index contributed by atoms with van der Waals surface area (Å²) < 4.78 is 5.86. The number of hydrogen-bond donors (Lipinski definition) is 0. The largest absolute Gasteiger partial charge is 0.483 e. The van der Waals surface area contributed by atoms with Gasteiger partial charge < -0.3 is 9.64 Å². The van der Waals surface area contributed by atoms with Crippen LogP contribution in [0.5, 0.6) is 5.75 Å². The summed E-state index contributed by atoms with van der Waals surface area (Å²) in [7, 11) is 0. The van der Waals surface area contributed by atoms with Crippen LogP contribution in [0.1, 0.15) is 27.8 Å². The monoisotopic (exact) mass is 309 g/mol. The number of aryl methyl sites for hydroxylation is 2. The van der Waals surface area contributed by atoms with Crippen molar-refractivity contribution in [2.24, 2.45) is 0 Å². The van der Waals surface area contributed by atoms with Crippen molar-refractivity contribution < 1.29 is 9.53 Å². The molecule has 0 spiro atoms. The molecule has 1 aliphatic rings. The third-order valence-corrected chi connectivity index (χ3v) is 4.70. The average Bonchev–Trinajstić information content (AvgIpc) is 2.57. The van der Waals surface area contributed by atoms with E-state index in [-0.39, 0.29) is 12.5 Å². The van der Waals surface area contributed by atoms with Crippen LogP contribution in [-0.4, -0.2) is 24.0 Å². The Balaban J connectivity index is 1.66. The van der Waals surface area contributed by atoms with Crippen molar-refractivity contribution in [2.45, 2.75) is 33.7 Å². The molecule has 0 fully saturated rings. The van der Waals surface area contributed by atoms with E-state index in [1.165, 1.54) is 16.7 Å². The Morgan fingerprint density at radius 1 is 1.04 bits per heavy atom. The number of hydrogen-bond acceptors (Lipinski definition) is 2. The minimum atomic E-state index is 0.0554. The third kappa shape index (κ3) is 3.24. The van der Waals surface area contributed by atoms with Gasteiger partial charge >= 0.3 is 0 Å². The first-order valence-corrected chi connectivity index (χ1v) is 8.10. The van der Waals surface area contributed by atoms with Crippen LogP contribution in [0.2, 0.25) is 0 Å². The normalized spacial score (nSPS) is 13.6. The molecule has 1 heterocycles. The number of carbonyl (C=O) groups is 1. The highest BCUT2D eigenvalue weighted by molar-refractivity contribution is 5.78. The fourth-order valence-corrected chi connectivity index (χ4v) is 3.08. The van der Waals surface area contributed by atoms with Gasteiger partial charge in [0.2, 0.25) is 0 Å². The van der Waals surface area contributed by atoms with Gasteiger partial charge in [-0.3, -0.25) is 4.79 Å². The second kappa shape index (κ2) is 6.45. The molecule has 2 aromatic carbocycles. The lowest BCUT2D eigenvalue weighted by molar-refractivity contribution is -0.134. The van der Waals surface area contributed by atoms with E-state index >= 15 is 0 Å². The van der Waals surface area contributed by atoms with Crippen molar-refractivity contribution in [3.05, 3.63) is 64.2 Å². The van der Waals surface area contributed by atoms with Crippen LogP contribution >= 0.6 is 0 Å². The zero-order valence-corrected chi connectivity index (χ0v) is 14.1. The molecule has 3 rings (SSSR count). The number of amides is 1. The van der Waals surface area contributed by atoms with Gasteiger partial charge in [0.15, 0.2) is 6.61 Å². The topological polar surface area (TPSA) is 29.5 Å². The minimum absolute atomic E-state index is 0.0554. The van der Waals surface area contributed by atoms with E-state index in [4.69, 9.17) is 4.74 Å². The lowest BCUT2D eigenvalue weighted by Gasteiger charge is -2.29. The van der Waals surface area contributed by atoms with E-state index < -0.39 is 0 Å². The van der Waals surface area contributed by atoms with E-state index in [9.17, 15) is 4.79 Å². The van der Waals surface area contributed by atoms with E-state index in [1.807, 2.05) is 30.9 Å². The van der Waals surface area contributed by atoms with Gasteiger partial charge in [-0.1, -0.05) is 36.4 Å². The summed E-state index contributed by atoms with van der Waals surface area (Å²) in [4.78, 5) is 14.4. The number of ether oxygens (including phenoxy) is 1. The van der Waals surface area contributed by atoms with Gasteiger partial charge in [0.25, 0.3) is 5.91 Å². The fraction of sp³-hybridized carbons (Fsp3) is 0.350. The maximum atomic E-state index is 12.5. The molecule has 0 atom stereocenters. The Morgan fingerprint density at radius 3 is 2.52 bits per heavy atom. The molecule has 1 amide bonds. The maximum Gasteiger partial charge on any atom is 0.260 e. The molecule has 120 valence electrons. The minimum Gasteiger partial charge on any atom is -0.483 e. The summed E-state index contributed by atoms with van der Waals surface area (Å²) in [5.41, 5.74) is 5.97. The molecule has 1 aliphatic heterocycles. The molecule has 3 nitrogen and oxygen atoms in total. The molecule has 0 bridgehead atoms. The molecule has 2 aromatic rings. The van der Waals surface area contributed by atoms with Crippen molar-refractivity contribution in [3.8, 4) is 5.75 Å². The highest BCUT2D eigenvalue weighted by atomic mass is 16.5. The smallest absolute Gasteiger partial charge is 0.260 e. The molecule has 0 aromatic heterocycles. The number of carbonyl (C=O) groups excluding carboxylic acids is 1. The Kier molecular flexibility index (Phi) is 4.37. The fourth-order valence-electron chi connectivity index (χ4n) is 3.08. The van der Waals surface area contributed by atoms with Gasteiger partial charge in [0, 0.05) is 13.1 Å². The molecule has 3 heteroatoms. The van der Waals surface area contributed by atoms with Crippen LogP contribution in [0, 0.1) is 20.8 Å². The lowest BCUT2D eigenvalue weighted by atomic mass is 10.00. The van der Waals surface area contributed by atoms with Crippen LogP contribution in [0.15, 0.2) is 36.4 Å². The molecular formula is C20H23NO2. The highest BCUT2D eigenvalue weighted by Gasteiger charge is 2.21. The SMILES string of the molecule is Cc1ccc(C)c(OCC(=O)N2CCc3ccccc3C2)c1C. The van der Waals surface area contributed by atoms with E-state index in [0.717, 1.165) is 29.8 Å². The standard InChI is InChI=1S/C20H23NO2/c1-14-8-9-15(2)20(16(14)3)23-13-19(22)21-11-10-17-6-4-5-7-18(17)12-21/h4-9H,10-13H2,1-3H3. The third-order valence-electron chi connectivity index (χ3n) is 4.70. The van der Waals surface area contributed by atoms with Gasteiger partial charge in [-0.25, -0.2) is 0 Å². The molecule has 23 heavy (non-hydrogen) atoms. The zero-order chi connectivity index (χ0) is 16.4. The number of nitrogens with zero attached hydrogens (tertiary/aromatic N) is 1. The lowest BCUT2D eigenvalue weighted by Crippen LogP contribution is -2.38. The summed E-state index contributed by atoms with van der Waals surface area (Å²) in [6, 6.07) is 12.5. The van der Waals surface area contributed by atoms with Crippen LogP contribution in [-0.2, 0) is 17.8 Å². The van der Waals surface area contributed by atoms with Gasteiger partial charge in [-0.2, -0.15) is 0 Å². The Bertz CT molecular complexity index is 736. The van der Waals surface area contributed by atoms with Crippen molar-refractivity contribution in [3.63, 3.8) is 0 Å². The number of fused-ring (bicyclic) bond motifs is 1. The van der Waals surface area contributed by atoms with Gasteiger partial charge in [0.05, 0.1) is 0 Å². The predicted molar refractivity (Wildman–Crippen MR) is 91.7 cm³/mol. The van der Waals surface area contributed by atoms with Crippen molar-refractivity contribution in [1.82, 2.24) is 4.90 Å². The van der Waals surface area contributed by atoms with Gasteiger partial charge in [0.1, 0.15) is 5.75 Å². The number of benzene rings is 2. The zero-order valence-electron chi connectivity index (χ0n) is 14.1. The molecule has 0 N–H and O–H groups in total. The summed E-state index contributed by atoms with van der Waals surface area (Å²) >= 11 is 0. The molecule has 0 radical (unpaired) electrons. The summed E-state index contributed by atoms with van der Waals surface area (Å²) in [5, 5.41) is 0. The molecule has 0 unspecified atom stereocenters. The van der Waals surface area contributed by atoms with E-state index in [2.05, 4.69) is 31.2 Å². The Labute approximate surface area is 137 Å². The second-order valence-electron chi connectivity index (χ2n) is 6.28. The van der Waals surface area contributed by atoms with Crippen molar-refractivity contribution >= 4 is 5.91 Å². The first-order valence-electron chi connectivity index (χ1n) is 8.10. The van der Waals surface area contributed by atoms with E-state index in [0.29, 0.717) is 6.54 Å². The average molecular weight is 309 g/mol. The van der Waals surface area contributed by atoms with Crippen LogP contribution < -0.4 is 4.74 Å². The van der Waals surface area contributed by atoms with Crippen LogP contribution in [0.3, 0.4) is 0 Å². The first-order chi connectivity index (χ1) is 11.1. The Hall–Kier alpha value is -2.29. The summed E-state index contributed by atoms with van der Waals surface area (Å²) in [6.07, 6.45) is 0.921. The van der Waals surface area contributed by atoms with Gasteiger partial charge in [-0.15, -0.1) is 0 Å². The van der Waals surface area contributed by atoms with E-state index in [1.54, 1.807) is 0 Å². The van der Waals surface area contributed by atoms with Gasteiger partial charge in [-0.05, 0) is 55.0 Å². The van der Waals surface area contributed by atoms with Crippen molar-refractivity contribution in [1.29, 1.82) is 0 Å². The van der Waals surface area contributed by atoms with Crippen LogP contribution in [0.4, 0.5) is 0 Å². The highest BCUT2D eigenvalue weighted by Crippen LogP contribution is 2.26. The first kappa shape index (κ1) is 15.6. The molecule has 0 aliphatic carbocycles. The summed E-state index contributed by atoms with van der Waals surface area (Å²) in [5.74, 6) is 0.899. The molecule has 0 saturated heterocycles. The number of rotatable bonds is 3. The molecule has 0 saturated carbocycles. The summed E-state index contributed by atoms with van der Waals surface area (Å²) in [6.45, 7) is 7.68. The maximum absolute atomic E-state index is 12.5. The molecular weight excluding hydrogens is 286 g/mol. The van der Waals surface area contributed by atoms with Crippen molar-refractivity contribution in [2.75, 3.05) is 13.2 Å².